The number of nitrogens with one attached hydrogen (secondary N) is 1. The predicted octanol–water partition coefficient (Wildman–Crippen LogP) is 3.19. The molecule has 0 fully saturated rings. The first-order valence-corrected chi connectivity index (χ1v) is 7.01. The zero-order valence-electron chi connectivity index (χ0n) is 12.6. The fraction of sp³-hybridized carbons (Fsp3) is 0.786. The van der Waals surface area contributed by atoms with Gasteiger partial charge in [0.05, 0.1) is 6.61 Å². The van der Waals surface area contributed by atoms with E-state index in [9.17, 15) is 14.4 Å². The van der Waals surface area contributed by atoms with Gasteiger partial charge in [0.2, 0.25) is 0 Å². The number of rotatable bonds is 9. The molecule has 0 bridgehead atoms. The fourth-order valence-corrected chi connectivity index (χ4v) is 1.58. The first-order valence-electron chi connectivity index (χ1n) is 7.01. The summed E-state index contributed by atoms with van der Waals surface area (Å²) in [5.41, 5.74) is -0.614. The summed E-state index contributed by atoms with van der Waals surface area (Å²) in [5.74, 6) is 0. The molecule has 0 aliphatic heterocycles. The van der Waals surface area contributed by atoms with Gasteiger partial charge in [-0.1, -0.05) is 19.8 Å². The Bertz CT molecular complexity index is 315. The summed E-state index contributed by atoms with van der Waals surface area (Å²) in [5, 5.41) is 1.99. The molecule has 2 amide bonds. The Balaban J connectivity index is 3.89. The van der Waals surface area contributed by atoms with E-state index in [1.807, 2.05) is 5.32 Å². The monoisotopic (exact) mass is 287 g/mol. The van der Waals surface area contributed by atoms with E-state index < -0.39 is 17.8 Å². The molecule has 0 aromatic heterocycles. The largest absolute Gasteiger partial charge is 0.449 e. The minimum absolute atomic E-state index is 0.0950. The molecule has 0 unspecified atom stereocenters. The molecule has 0 saturated heterocycles. The molecule has 20 heavy (non-hydrogen) atoms. The maximum Gasteiger partial charge on any atom is 0.417 e. The molecule has 1 N–H and O–H groups in total. The van der Waals surface area contributed by atoms with Crippen molar-refractivity contribution in [1.82, 2.24) is 5.32 Å². The molecule has 0 rings (SSSR count). The number of unbranched alkanes of at least 4 members (excludes halogenated alkanes) is 3. The van der Waals surface area contributed by atoms with E-state index in [1.54, 1.807) is 13.8 Å². The van der Waals surface area contributed by atoms with Crippen molar-refractivity contribution in [3.63, 3.8) is 0 Å². The van der Waals surface area contributed by atoms with E-state index in [0.29, 0.717) is 12.8 Å². The Labute approximate surface area is 120 Å². The summed E-state index contributed by atoms with van der Waals surface area (Å²) in [6.07, 6.45) is 3.71. The molecule has 0 aliphatic rings. The lowest BCUT2D eigenvalue weighted by Crippen LogP contribution is -2.38. The number of hydrogen-bond donors (Lipinski definition) is 1. The third kappa shape index (κ3) is 10.3. The third-order valence-electron chi connectivity index (χ3n) is 2.65. The predicted molar refractivity (Wildman–Crippen MR) is 74.5 cm³/mol. The smallest absolute Gasteiger partial charge is 0.417 e. The van der Waals surface area contributed by atoms with Crippen LogP contribution in [0.25, 0.3) is 0 Å². The van der Waals surface area contributed by atoms with Crippen LogP contribution in [0.4, 0.5) is 9.59 Å². The molecular formula is C14H25NO5. The van der Waals surface area contributed by atoms with Crippen LogP contribution in [0.3, 0.4) is 0 Å². The molecule has 0 radical (unpaired) electrons. The normalized spacial score (nSPS) is 10.8. The minimum atomic E-state index is -0.856. The van der Waals surface area contributed by atoms with E-state index >= 15 is 0 Å². The van der Waals surface area contributed by atoms with E-state index in [-0.39, 0.29) is 6.61 Å². The lowest BCUT2D eigenvalue weighted by molar-refractivity contribution is -0.108. The molecule has 0 atom stereocenters. The molecule has 0 aromatic rings. The van der Waals surface area contributed by atoms with Crippen molar-refractivity contribution in [3.05, 3.63) is 0 Å². The fourth-order valence-electron chi connectivity index (χ4n) is 1.58. The quantitative estimate of drug-likeness (QED) is 0.520. The second kappa shape index (κ2) is 10.2. The standard InChI is InChI=1S/C14H25NO5/c1-4-5-6-9-14(2,3)20-13(18)15-12(17)19-11-8-7-10-16/h10H,4-9,11H2,1-3H3,(H,15,17,18). The van der Waals surface area contributed by atoms with Crippen molar-refractivity contribution in [2.24, 2.45) is 0 Å². The lowest BCUT2D eigenvalue weighted by Gasteiger charge is -2.24. The Hall–Kier alpha value is -1.59. The zero-order chi connectivity index (χ0) is 15.4. The molecule has 6 nitrogen and oxygen atoms in total. The first-order chi connectivity index (χ1) is 9.41. The molecule has 0 heterocycles. The second-order valence-electron chi connectivity index (χ2n) is 5.18. The van der Waals surface area contributed by atoms with Gasteiger partial charge in [-0.15, -0.1) is 0 Å². The summed E-state index contributed by atoms with van der Waals surface area (Å²) >= 11 is 0. The van der Waals surface area contributed by atoms with Gasteiger partial charge in [-0.3, -0.25) is 0 Å². The number of imide groups is 1. The summed E-state index contributed by atoms with van der Waals surface area (Å²) in [6.45, 7) is 5.80. The van der Waals surface area contributed by atoms with Crippen LogP contribution in [0.15, 0.2) is 0 Å². The zero-order valence-corrected chi connectivity index (χ0v) is 12.6. The van der Waals surface area contributed by atoms with Crippen LogP contribution < -0.4 is 5.32 Å². The minimum Gasteiger partial charge on any atom is -0.449 e. The summed E-state index contributed by atoms with van der Waals surface area (Å²) in [7, 11) is 0. The molecule has 0 aromatic carbocycles. The molecule has 0 saturated carbocycles. The van der Waals surface area contributed by atoms with E-state index in [0.717, 1.165) is 32.0 Å². The Morgan fingerprint density at radius 1 is 1.15 bits per heavy atom. The molecule has 116 valence electrons. The highest BCUT2D eigenvalue weighted by Gasteiger charge is 2.23. The van der Waals surface area contributed by atoms with Gasteiger partial charge in [-0.05, 0) is 33.1 Å². The number of alkyl carbamates (subject to hydrolysis) is 2. The Kier molecular flexibility index (Phi) is 9.41. The van der Waals surface area contributed by atoms with Gasteiger partial charge >= 0.3 is 12.2 Å². The van der Waals surface area contributed by atoms with Crippen LogP contribution in [0.5, 0.6) is 0 Å². The number of amides is 2. The summed E-state index contributed by atoms with van der Waals surface area (Å²) in [4.78, 5) is 32.8. The van der Waals surface area contributed by atoms with Crippen LogP contribution in [0, 0.1) is 0 Å². The average Bonchev–Trinajstić information content (AvgIpc) is 2.34. The van der Waals surface area contributed by atoms with Crippen LogP contribution in [-0.2, 0) is 14.3 Å². The van der Waals surface area contributed by atoms with Crippen LogP contribution >= 0.6 is 0 Å². The molecule has 0 aliphatic carbocycles. The van der Waals surface area contributed by atoms with Gasteiger partial charge in [-0.2, -0.15) is 0 Å². The van der Waals surface area contributed by atoms with Crippen molar-refractivity contribution >= 4 is 18.5 Å². The van der Waals surface area contributed by atoms with Crippen molar-refractivity contribution in [3.8, 4) is 0 Å². The topological polar surface area (TPSA) is 81.7 Å². The highest BCUT2D eigenvalue weighted by Crippen LogP contribution is 2.18. The van der Waals surface area contributed by atoms with Crippen molar-refractivity contribution in [2.45, 2.75) is 64.9 Å². The summed E-state index contributed by atoms with van der Waals surface area (Å²) < 4.78 is 9.89. The Morgan fingerprint density at radius 2 is 1.85 bits per heavy atom. The molecule has 6 heteroatoms. The average molecular weight is 287 g/mol. The number of hydrogen-bond acceptors (Lipinski definition) is 5. The van der Waals surface area contributed by atoms with Crippen LogP contribution in [0.1, 0.15) is 59.3 Å². The number of carbonyl (C=O) groups excluding carboxylic acids is 3. The van der Waals surface area contributed by atoms with Crippen LogP contribution in [0.2, 0.25) is 0 Å². The maximum absolute atomic E-state index is 11.5. The maximum atomic E-state index is 11.5. The van der Waals surface area contributed by atoms with Gasteiger partial charge in [0.15, 0.2) is 0 Å². The molecular weight excluding hydrogens is 262 g/mol. The van der Waals surface area contributed by atoms with E-state index in [2.05, 4.69) is 6.92 Å². The van der Waals surface area contributed by atoms with Gasteiger partial charge in [0.1, 0.15) is 11.9 Å². The summed E-state index contributed by atoms with van der Waals surface area (Å²) in [6, 6.07) is 0. The van der Waals surface area contributed by atoms with Crippen LogP contribution in [-0.4, -0.2) is 30.7 Å². The SMILES string of the molecule is CCCCCC(C)(C)OC(=O)NC(=O)OCCCC=O. The van der Waals surface area contributed by atoms with Crippen molar-refractivity contribution in [2.75, 3.05) is 6.61 Å². The van der Waals surface area contributed by atoms with Crippen molar-refractivity contribution < 1.29 is 23.9 Å². The Morgan fingerprint density at radius 3 is 2.45 bits per heavy atom. The van der Waals surface area contributed by atoms with Gasteiger partial charge < -0.3 is 14.3 Å². The highest BCUT2D eigenvalue weighted by molar-refractivity contribution is 5.87. The first kappa shape index (κ1) is 18.4. The van der Waals surface area contributed by atoms with Gasteiger partial charge in [-0.25, -0.2) is 14.9 Å². The lowest BCUT2D eigenvalue weighted by atomic mass is 10.0. The number of aldehydes is 1. The second-order valence-corrected chi connectivity index (χ2v) is 5.18. The molecule has 0 spiro atoms. The highest BCUT2D eigenvalue weighted by atomic mass is 16.6. The van der Waals surface area contributed by atoms with Crippen molar-refractivity contribution in [1.29, 1.82) is 0 Å². The van der Waals surface area contributed by atoms with Gasteiger partial charge in [0.25, 0.3) is 0 Å². The van der Waals surface area contributed by atoms with E-state index in [4.69, 9.17) is 9.47 Å². The van der Waals surface area contributed by atoms with E-state index in [1.165, 1.54) is 0 Å². The number of ether oxygens (including phenoxy) is 2. The number of carbonyl (C=O) groups is 3. The van der Waals surface area contributed by atoms with Gasteiger partial charge in [0, 0.05) is 6.42 Å². The third-order valence-corrected chi connectivity index (χ3v) is 2.65.